The first-order valence-electron chi connectivity index (χ1n) is 7.86. The van der Waals surface area contributed by atoms with E-state index in [4.69, 9.17) is 0 Å². The average Bonchev–Trinajstić information content (AvgIpc) is 2.48. The molecule has 1 N–H and O–H groups in total. The molecular weight excluding hydrogens is 232 g/mol. The first-order chi connectivity index (χ1) is 9.34. The standard InChI is InChI=1S/C17H26N2/c1-14-6-5-9-16(12-14)19-11-10-18-13-17(19)15-7-3-2-4-8-15/h2-4,7-8,14,16-18H,5-6,9-13H2,1H3. The maximum absolute atomic E-state index is 3.57. The van der Waals surface area contributed by atoms with Crippen molar-refractivity contribution in [2.75, 3.05) is 19.6 Å². The van der Waals surface area contributed by atoms with Gasteiger partial charge in [-0.15, -0.1) is 0 Å². The van der Waals surface area contributed by atoms with Gasteiger partial charge in [0.05, 0.1) is 0 Å². The topological polar surface area (TPSA) is 15.3 Å². The summed E-state index contributed by atoms with van der Waals surface area (Å²) in [6, 6.07) is 12.4. The first kappa shape index (κ1) is 13.1. The summed E-state index contributed by atoms with van der Waals surface area (Å²) < 4.78 is 0. The van der Waals surface area contributed by atoms with E-state index in [0.717, 1.165) is 25.0 Å². The van der Waals surface area contributed by atoms with Crippen LogP contribution in [-0.2, 0) is 0 Å². The van der Waals surface area contributed by atoms with Gasteiger partial charge in [-0.2, -0.15) is 0 Å². The van der Waals surface area contributed by atoms with E-state index in [1.54, 1.807) is 0 Å². The average molecular weight is 258 g/mol. The fourth-order valence-corrected chi connectivity index (χ4v) is 3.84. The number of nitrogens with one attached hydrogen (secondary N) is 1. The minimum atomic E-state index is 0.574. The molecule has 3 rings (SSSR count). The molecule has 1 aromatic rings. The van der Waals surface area contributed by atoms with Crippen LogP contribution in [0, 0.1) is 5.92 Å². The van der Waals surface area contributed by atoms with Crippen molar-refractivity contribution in [2.45, 2.75) is 44.7 Å². The SMILES string of the molecule is CC1CCCC(N2CCNCC2c2ccccc2)C1. The summed E-state index contributed by atoms with van der Waals surface area (Å²) >= 11 is 0. The highest BCUT2D eigenvalue weighted by molar-refractivity contribution is 5.20. The van der Waals surface area contributed by atoms with Gasteiger partial charge < -0.3 is 5.32 Å². The molecule has 3 atom stereocenters. The molecule has 0 radical (unpaired) electrons. The van der Waals surface area contributed by atoms with Crippen LogP contribution in [0.5, 0.6) is 0 Å². The highest BCUT2D eigenvalue weighted by atomic mass is 15.2. The predicted octanol–water partition coefficient (Wildman–Crippen LogP) is 3.21. The molecule has 3 unspecified atom stereocenters. The maximum atomic E-state index is 3.57. The van der Waals surface area contributed by atoms with E-state index >= 15 is 0 Å². The van der Waals surface area contributed by atoms with E-state index in [2.05, 4.69) is 47.5 Å². The molecule has 2 heteroatoms. The summed E-state index contributed by atoms with van der Waals surface area (Å²) in [6.45, 7) is 5.88. The lowest BCUT2D eigenvalue weighted by molar-refractivity contribution is 0.0692. The van der Waals surface area contributed by atoms with Crippen LogP contribution in [-0.4, -0.2) is 30.6 Å². The molecule has 104 valence electrons. The Hall–Kier alpha value is -0.860. The third-order valence-electron chi connectivity index (χ3n) is 4.85. The molecule has 1 aliphatic heterocycles. The highest BCUT2D eigenvalue weighted by Crippen LogP contribution is 2.33. The molecule has 19 heavy (non-hydrogen) atoms. The molecule has 1 aliphatic carbocycles. The third-order valence-corrected chi connectivity index (χ3v) is 4.85. The summed E-state index contributed by atoms with van der Waals surface area (Å²) in [7, 11) is 0. The minimum absolute atomic E-state index is 0.574. The number of nitrogens with zero attached hydrogens (tertiary/aromatic N) is 1. The largest absolute Gasteiger partial charge is 0.314 e. The summed E-state index contributed by atoms with van der Waals surface area (Å²) in [6.07, 6.45) is 5.63. The quantitative estimate of drug-likeness (QED) is 0.876. The molecule has 1 saturated heterocycles. The lowest BCUT2D eigenvalue weighted by Gasteiger charge is -2.44. The third kappa shape index (κ3) is 3.01. The van der Waals surface area contributed by atoms with E-state index in [9.17, 15) is 0 Å². The van der Waals surface area contributed by atoms with Crippen LogP contribution in [0.3, 0.4) is 0 Å². The normalized spacial score (nSPS) is 33.2. The van der Waals surface area contributed by atoms with E-state index in [1.807, 2.05) is 0 Å². The lowest BCUT2D eigenvalue weighted by atomic mass is 9.84. The number of hydrogen-bond acceptors (Lipinski definition) is 2. The van der Waals surface area contributed by atoms with Gasteiger partial charge in [-0.3, -0.25) is 4.90 Å². The van der Waals surface area contributed by atoms with Gasteiger partial charge in [0.1, 0.15) is 0 Å². The van der Waals surface area contributed by atoms with Crippen LogP contribution in [0.1, 0.15) is 44.2 Å². The first-order valence-corrected chi connectivity index (χ1v) is 7.86. The van der Waals surface area contributed by atoms with Crippen LogP contribution >= 0.6 is 0 Å². The Morgan fingerprint density at radius 1 is 1.16 bits per heavy atom. The van der Waals surface area contributed by atoms with Crippen molar-refractivity contribution < 1.29 is 0 Å². The molecule has 0 spiro atoms. The smallest absolute Gasteiger partial charge is 0.0476 e. The van der Waals surface area contributed by atoms with Crippen molar-refractivity contribution in [3.05, 3.63) is 35.9 Å². The Morgan fingerprint density at radius 3 is 2.79 bits per heavy atom. The van der Waals surface area contributed by atoms with Crippen LogP contribution in [0.15, 0.2) is 30.3 Å². The maximum Gasteiger partial charge on any atom is 0.0476 e. The molecular formula is C17H26N2. The Kier molecular flexibility index (Phi) is 4.19. The Morgan fingerprint density at radius 2 is 2.00 bits per heavy atom. The molecule has 1 aromatic carbocycles. The van der Waals surface area contributed by atoms with Gasteiger partial charge >= 0.3 is 0 Å². The second-order valence-corrected chi connectivity index (χ2v) is 6.29. The van der Waals surface area contributed by atoms with Crippen molar-refractivity contribution in [3.8, 4) is 0 Å². The van der Waals surface area contributed by atoms with E-state index in [0.29, 0.717) is 6.04 Å². The zero-order valence-corrected chi connectivity index (χ0v) is 12.0. The van der Waals surface area contributed by atoms with E-state index in [1.165, 1.54) is 37.8 Å². The van der Waals surface area contributed by atoms with Gasteiger partial charge in [-0.05, 0) is 24.3 Å². The van der Waals surface area contributed by atoms with E-state index < -0.39 is 0 Å². The summed E-state index contributed by atoms with van der Waals surface area (Å²) in [5.74, 6) is 0.907. The molecule has 0 aromatic heterocycles. The molecule has 2 aliphatic rings. The van der Waals surface area contributed by atoms with Gasteiger partial charge in [0.2, 0.25) is 0 Å². The van der Waals surface area contributed by atoms with Crippen molar-refractivity contribution in [1.29, 1.82) is 0 Å². The highest BCUT2D eigenvalue weighted by Gasteiger charge is 2.31. The molecule has 2 fully saturated rings. The van der Waals surface area contributed by atoms with Crippen LogP contribution < -0.4 is 5.32 Å². The van der Waals surface area contributed by atoms with Crippen molar-refractivity contribution >= 4 is 0 Å². The van der Waals surface area contributed by atoms with Crippen molar-refractivity contribution in [1.82, 2.24) is 10.2 Å². The zero-order chi connectivity index (χ0) is 13.1. The molecule has 0 bridgehead atoms. The van der Waals surface area contributed by atoms with Gasteiger partial charge in [0, 0.05) is 31.7 Å². The fourth-order valence-electron chi connectivity index (χ4n) is 3.84. The summed E-state index contributed by atoms with van der Waals surface area (Å²) in [5.41, 5.74) is 1.48. The molecule has 1 heterocycles. The van der Waals surface area contributed by atoms with Gasteiger partial charge in [-0.1, -0.05) is 50.1 Å². The minimum Gasteiger partial charge on any atom is -0.314 e. The monoisotopic (exact) mass is 258 g/mol. The number of benzene rings is 1. The number of hydrogen-bond donors (Lipinski definition) is 1. The van der Waals surface area contributed by atoms with Gasteiger partial charge in [0.15, 0.2) is 0 Å². The zero-order valence-electron chi connectivity index (χ0n) is 12.0. The lowest BCUT2D eigenvalue weighted by Crippen LogP contribution is -2.51. The predicted molar refractivity (Wildman–Crippen MR) is 80.2 cm³/mol. The second-order valence-electron chi connectivity index (χ2n) is 6.29. The van der Waals surface area contributed by atoms with Gasteiger partial charge in [-0.25, -0.2) is 0 Å². The summed E-state index contributed by atoms with van der Waals surface area (Å²) in [5, 5.41) is 3.57. The molecule has 2 nitrogen and oxygen atoms in total. The van der Waals surface area contributed by atoms with Crippen molar-refractivity contribution in [2.24, 2.45) is 5.92 Å². The van der Waals surface area contributed by atoms with E-state index in [-0.39, 0.29) is 0 Å². The molecule has 0 amide bonds. The van der Waals surface area contributed by atoms with Gasteiger partial charge in [0.25, 0.3) is 0 Å². The second kappa shape index (κ2) is 6.06. The Balaban J connectivity index is 1.77. The van der Waals surface area contributed by atoms with Crippen molar-refractivity contribution in [3.63, 3.8) is 0 Å². The number of rotatable bonds is 2. The fraction of sp³-hybridized carbons (Fsp3) is 0.647. The molecule has 1 saturated carbocycles. The van der Waals surface area contributed by atoms with Crippen LogP contribution in [0.25, 0.3) is 0 Å². The number of piperazine rings is 1. The summed E-state index contributed by atoms with van der Waals surface area (Å²) in [4.78, 5) is 2.78. The Bertz CT molecular complexity index is 390. The van der Waals surface area contributed by atoms with Crippen LogP contribution in [0.2, 0.25) is 0 Å². The Labute approximate surface area is 117 Å². The van der Waals surface area contributed by atoms with Crippen LogP contribution in [0.4, 0.5) is 0 Å².